The fourth-order valence-corrected chi connectivity index (χ4v) is 4.37. The highest BCUT2D eigenvalue weighted by atomic mass is 32.2. The van der Waals surface area contributed by atoms with Crippen LogP contribution in [0.5, 0.6) is 0 Å². The first-order chi connectivity index (χ1) is 11.7. The molecule has 0 radical (unpaired) electrons. The lowest BCUT2D eigenvalue weighted by Gasteiger charge is -2.30. The van der Waals surface area contributed by atoms with Gasteiger partial charge < -0.3 is 9.30 Å². The van der Waals surface area contributed by atoms with Gasteiger partial charge in [0, 0.05) is 6.16 Å². The lowest BCUT2D eigenvalue weighted by Crippen LogP contribution is -2.41. The van der Waals surface area contributed by atoms with Crippen LogP contribution in [0.3, 0.4) is 0 Å². The van der Waals surface area contributed by atoms with Crippen molar-refractivity contribution in [3.8, 4) is 0 Å². The molecule has 0 saturated carbocycles. The molecule has 0 fully saturated rings. The van der Waals surface area contributed by atoms with Crippen LogP contribution in [0.2, 0.25) is 0 Å². The molecule has 25 heavy (non-hydrogen) atoms. The van der Waals surface area contributed by atoms with E-state index < -0.39 is 30.0 Å². The van der Waals surface area contributed by atoms with Gasteiger partial charge in [-0.25, -0.2) is 0 Å². The zero-order valence-corrected chi connectivity index (χ0v) is 17.1. The average Bonchev–Trinajstić information content (AvgIpc) is 2.53. The second-order valence-electron chi connectivity index (χ2n) is 6.50. The van der Waals surface area contributed by atoms with Crippen LogP contribution in [-0.2, 0) is 28.4 Å². The molecule has 142 valence electrons. The van der Waals surface area contributed by atoms with E-state index in [-0.39, 0.29) is 30.2 Å². The number of benzene rings is 1. The van der Waals surface area contributed by atoms with Crippen molar-refractivity contribution in [1.29, 1.82) is 0 Å². The highest BCUT2D eigenvalue weighted by Crippen LogP contribution is 2.33. The SMILES string of the molecule is CCOC(=O)C(COS(=O)(=O)c1ccc(C)cc1)(C[PH2]=O)CC(C)C. The van der Waals surface area contributed by atoms with Crippen molar-refractivity contribution in [3.63, 3.8) is 0 Å². The van der Waals surface area contributed by atoms with Gasteiger partial charge in [0.25, 0.3) is 10.1 Å². The van der Waals surface area contributed by atoms with E-state index in [9.17, 15) is 17.8 Å². The topological polar surface area (TPSA) is 86.7 Å². The van der Waals surface area contributed by atoms with Gasteiger partial charge in [0.05, 0.1) is 32.0 Å². The van der Waals surface area contributed by atoms with Crippen LogP contribution in [0.1, 0.15) is 32.8 Å². The Morgan fingerprint density at radius 1 is 1.24 bits per heavy atom. The second kappa shape index (κ2) is 9.51. The highest BCUT2D eigenvalue weighted by Gasteiger charge is 2.42. The van der Waals surface area contributed by atoms with Crippen LogP contribution in [0.4, 0.5) is 0 Å². The van der Waals surface area contributed by atoms with E-state index >= 15 is 0 Å². The van der Waals surface area contributed by atoms with Gasteiger partial charge in [-0.15, -0.1) is 0 Å². The van der Waals surface area contributed by atoms with Crippen molar-refractivity contribution in [3.05, 3.63) is 29.8 Å². The Hall–Kier alpha value is -1.17. The summed E-state index contributed by atoms with van der Waals surface area (Å²) in [6.45, 7) is 7.12. The van der Waals surface area contributed by atoms with Crippen LogP contribution in [0.15, 0.2) is 29.2 Å². The summed E-state index contributed by atoms with van der Waals surface area (Å²) in [7, 11) is -5.27. The first kappa shape index (κ1) is 21.9. The summed E-state index contributed by atoms with van der Waals surface area (Å²) in [5.74, 6) is -0.479. The van der Waals surface area contributed by atoms with E-state index in [1.165, 1.54) is 12.1 Å². The molecular formula is C17H27O6PS. The summed E-state index contributed by atoms with van der Waals surface area (Å²) in [6.07, 6.45) is 0.387. The van der Waals surface area contributed by atoms with Gasteiger partial charge in [-0.2, -0.15) is 8.42 Å². The Balaban J connectivity index is 3.09. The molecule has 8 heteroatoms. The molecule has 0 aliphatic rings. The van der Waals surface area contributed by atoms with Gasteiger partial charge in [0.2, 0.25) is 0 Å². The van der Waals surface area contributed by atoms with E-state index in [4.69, 9.17) is 8.92 Å². The van der Waals surface area contributed by atoms with E-state index in [0.717, 1.165) is 5.56 Å². The third-order valence-corrected chi connectivity index (χ3v) is 6.01. The van der Waals surface area contributed by atoms with E-state index in [2.05, 4.69) is 0 Å². The van der Waals surface area contributed by atoms with Gasteiger partial charge in [0.1, 0.15) is 0 Å². The van der Waals surface area contributed by atoms with Crippen molar-refractivity contribution in [2.45, 2.75) is 39.0 Å². The van der Waals surface area contributed by atoms with Crippen LogP contribution < -0.4 is 0 Å². The highest BCUT2D eigenvalue weighted by molar-refractivity contribution is 7.86. The number of rotatable bonds is 10. The Labute approximate surface area is 151 Å². The van der Waals surface area contributed by atoms with Crippen LogP contribution >= 0.6 is 8.46 Å². The largest absolute Gasteiger partial charge is 0.465 e. The summed E-state index contributed by atoms with van der Waals surface area (Å²) >= 11 is 0. The normalized spacial score (nSPS) is 14.8. The zero-order valence-electron chi connectivity index (χ0n) is 15.2. The molecular weight excluding hydrogens is 363 g/mol. The Morgan fingerprint density at radius 2 is 1.84 bits per heavy atom. The predicted octanol–water partition coefficient (Wildman–Crippen LogP) is 3.05. The third kappa shape index (κ3) is 6.24. The predicted molar refractivity (Wildman–Crippen MR) is 98.1 cm³/mol. The fraction of sp³-hybridized carbons (Fsp3) is 0.588. The molecule has 0 bridgehead atoms. The molecule has 0 aromatic heterocycles. The molecule has 2 atom stereocenters. The second-order valence-corrected chi connectivity index (χ2v) is 8.86. The Morgan fingerprint density at radius 3 is 2.32 bits per heavy atom. The number of ether oxygens (including phenoxy) is 1. The molecule has 0 N–H and O–H groups in total. The van der Waals surface area contributed by atoms with E-state index in [1.54, 1.807) is 19.1 Å². The quantitative estimate of drug-likeness (QED) is 0.347. The number of hydrogen-bond donors (Lipinski definition) is 0. The fourth-order valence-electron chi connectivity index (χ4n) is 2.62. The van der Waals surface area contributed by atoms with Gasteiger partial charge in [-0.1, -0.05) is 31.5 Å². The van der Waals surface area contributed by atoms with Crippen LogP contribution in [-0.4, -0.2) is 33.8 Å². The van der Waals surface area contributed by atoms with E-state index in [0.29, 0.717) is 6.42 Å². The van der Waals surface area contributed by atoms with Gasteiger partial charge in [-0.05, 0) is 38.3 Å². The maximum atomic E-state index is 12.5. The molecule has 6 nitrogen and oxygen atoms in total. The Bertz CT molecular complexity index is 684. The van der Waals surface area contributed by atoms with Crippen molar-refractivity contribution < 1.29 is 26.7 Å². The minimum absolute atomic E-state index is 0.0230. The summed E-state index contributed by atoms with van der Waals surface area (Å²) < 4.78 is 46.5. The molecule has 0 saturated heterocycles. The molecule has 0 heterocycles. The molecule has 1 aromatic carbocycles. The average molecular weight is 390 g/mol. The zero-order chi connectivity index (χ0) is 19.1. The first-order valence-electron chi connectivity index (χ1n) is 8.24. The monoisotopic (exact) mass is 390 g/mol. The molecule has 0 amide bonds. The smallest absolute Gasteiger partial charge is 0.314 e. The number of hydrogen-bond acceptors (Lipinski definition) is 6. The van der Waals surface area contributed by atoms with Gasteiger partial charge in [0.15, 0.2) is 0 Å². The molecule has 2 unspecified atom stereocenters. The summed E-state index contributed by atoms with van der Waals surface area (Å²) in [4.78, 5) is 12.5. The van der Waals surface area contributed by atoms with Crippen molar-refractivity contribution in [2.75, 3.05) is 19.4 Å². The number of aryl methyl sites for hydroxylation is 1. The Kier molecular flexibility index (Phi) is 8.32. The van der Waals surface area contributed by atoms with Crippen molar-refractivity contribution in [2.24, 2.45) is 11.3 Å². The standard InChI is InChI=1S/C17H27O6PS/c1-5-22-16(18)17(12-24-19,10-13(2)3)11-23-25(20,21)15-8-6-14(4)7-9-15/h6-9,13H,5,10-12,24H2,1-4H3. The molecule has 0 spiro atoms. The summed E-state index contributed by atoms with van der Waals surface area (Å²) in [5, 5.41) is 0. The number of carbonyl (C=O) groups is 1. The summed E-state index contributed by atoms with van der Waals surface area (Å²) in [5.41, 5.74) is -0.298. The minimum Gasteiger partial charge on any atom is -0.465 e. The number of esters is 1. The van der Waals surface area contributed by atoms with Crippen LogP contribution in [0, 0.1) is 18.3 Å². The molecule has 1 rings (SSSR count). The lowest BCUT2D eigenvalue weighted by molar-refractivity contribution is -0.156. The van der Waals surface area contributed by atoms with Gasteiger partial charge in [-0.3, -0.25) is 8.98 Å². The van der Waals surface area contributed by atoms with Crippen molar-refractivity contribution in [1.82, 2.24) is 0 Å². The first-order valence-corrected chi connectivity index (χ1v) is 10.9. The minimum atomic E-state index is -4.01. The molecule has 0 aliphatic heterocycles. The summed E-state index contributed by atoms with van der Waals surface area (Å²) in [6, 6.07) is 6.26. The maximum Gasteiger partial charge on any atom is 0.314 e. The molecule has 0 aliphatic carbocycles. The lowest BCUT2D eigenvalue weighted by atomic mass is 9.82. The third-order valence-electron chi connectivity index (χ3n) is 3.78. The van der Waals surface area contributed by atoms with Gasteiger partial charge >= 0.3 is 5.97 Å². The number of carbonyl (C=O) groups excluding carboxylic acids is 1. The van der Waals surface area contributed by atoms with Crippen LogP contribution in [0.25, 0.3) is 0 Å². The van der Waals surface area contributed by atoms with E-state index in [1.807, 2.05) is 20.8 Å². The maximum absolute atomic E-state index is 12.5. The molecule has 1 aromatic rings. The van der Waals surface area contributed by atoms with Crippen molar-refractivity contribution >= 4 is 24.5 Å².